The molecule has 5 rings (SSSR count). The first-order chi connectivity index (χ1) is 18.7. The van der Waals surface area contributed by atoms with Crippen molar-refractivity contribution in [2.24, 2.45) is 17.8 Å². The Morgan fingerprint density at radius 3 is 2.56 bits per heavy atom. The molecule has 8 heteroatoms. The Bertz CT molecular complexity index is 1100. The number of aliphatic hydroxyl groups excluding tert-OH is 1. The fraction of sp³-hybridized carbons (Fsp3) is 0.645. The number of amides is 2. The predicted octanol–water partition coefficient (Wildman–Crippen LogP) is 3.64. The molecule has 1 aromatic rings. The van der Waals surface area contributed by atoms with Crippen LogP contribution >= 0.6 is 0 Å². The minimum Gasteiger partial charge on any atom is -0.466 e. The number of aliphatic hydroxyl groups is 1. The van der Waals surface area contributed by atoms with Gasteiger partial charge in [-0.2, -0.15) is 0 Å². The number of benzene rings is 1. The maximum atomic E-state index is 14.8. The number of carbonyl (C=O) groups is 3. The molecule has 1 N–H and O–H groups in total. The second-order valence-corrected chi connectivity index (χ2v) is 11.9. The second kappa shape index (κ2) is 10.7. The van der Waals surface area contributed by atoms with Gasteiger partial charge in [0.1, 0.15) is 17.6 Å². The van der Waals surface area contributed by atoms with Crippen LogP contribution in [0.3, 0.4) is 0 Å². The number of rotatable bonds is 9. The quantitative estimate of drug-likeness (QED) is 0.381. The van der Waals surface area contributed by atoms with Crippen LogP contribution in [0.25, 0.3) is 0 Å². The fourth-order valence-electron chi connectivity index (χ4n) is 8.02. The van der Waals surface area contributed by atoms with E-state index in [1.165, 1.54) is 0 Å². The largest absolute Gasteiger partial charge is 0.466 e. The topological polar surface area (TPSA) is 96.4 Å². The van der Waals surface area contributed by atoms with Crippen LogP contribution in [-0.4, -0.2) is 75.7 Å². The van der Waals surface area contributed by atoms with Crippen LogP contribution in [0.4, 0.5) is 0 Å². The smallest absolute Gasteiger partial charge is 0.312 e. The SMILES string of the molecule is C=CCN(C(=O)C1N([C@H](CO)c2ccccc2)C(=O)[C@@H]2[C@H](C(=O)OCC)[C@@]3(C)OC12CC3C)C1CCCCC1. The third-order valence-electron chi connectivity index (χ3n) is 9.84. The van der Waals surface area contributed by atoms with Gasteiger partial charge in [-0.05, 0) is 44.6 Å². The van der Waals surface area contributed by atoms with Crippen LogP contribution in [0.5, 0.6) is 0 Å². The Kier molecular flexibility index (Phi) is 7.63. The van der Waals surface area contributed by atoms with Crippen molar-refractivity contribution in [1.82, 2.24) is 9.80 Å². The van der Waals surface area contributed by atoms with Gasteiger partial charge in [0, 0.05) is 12.6 Å². The van der Waals surface area contributed by atoms with E-state index < -0.39 is 41.1 Å². The molecule has 4 aliphatic rings. The number of hydrogen-bond donors (Lipinski definition) is 1. The van der Waals surface area contributed by atoms with Gasteiger partial charge in [0.05, 0.1) is 30.8 Å². The van der Waals surface area contributed by atoms with Crippen LogP contribution in [0.15, 0.2) is 43.0 Å². The Morgan fingerprint density at radius 2 is 1.95 bits per heavy atom. The minimum atomic E-state index is -1.18. The molecule has 1 spiro atoms. The Labute approximate surface area is 231 Å². The molecule has 1 saturated carbocycles. The Morgan fingerprint density at radius 1 is 1.26 bits per heavy atom. The zero-order valence-electron chi connectivity index (χ0n) is 23.4. The molecule has 7 atom stereocenters. The lowest BCUT2D eigenvalue weighted by Crippen LogP contribution is -2.59. The first-order valence-electron chi connectivity index (χ1n) is 14.5. The van der Waals surface area contributed by atoms with Gasteiger partial charge in [0.2, 0.25) is 11.8 Å². The van der Waals surface area contributed by atoms with Gasteiger partial charge in [0.15, 0.2) is 0 Å². The molecular formula is C31H42N2O6. The lowest BCUT2D eigenvalue weighted by molar-refractivity contribution is -0.164. The second-order valence-electron chi connectivity index (χ2n) is 11.9. The first-order valence-corrected chi connectivity index (χ1v) is 14.5. The Hall–Kier alpha value is -2.71. The van der Waals surface area contributed by atoms with Gasteiger partial charge in [-0.3, -0.25) is 14.4 Å². The molecule has 3 saturated heterocycles. The van der Waals surface area contributed by atoms with E-state index in [4.69, 9.17) is 9.47 Å². The number of esters is 1. The van der Waals surface area contributed by atoms with E-state index in [2.05, 4.69) is 6.58 Å². The lowest BCUT2D eigenvalue weighted by atomic mass is 9.62. The fourth-order valence-corrected chi connectivity index (χ4v) is 8.02. The summed E-state index contributed by atoms with van der Waals surface area (Å²) in [5, 5.41) is 10.7. The van der Waals surface area contributed by atoms with Crippen molar-refractivity contribution in [2.45, 2.75) is 88.6 Å². The normalized spacial score (nSPS) is 34.6. The molecule has 3 heterocycles. The molecule has 8 nitrogen and oxygen atoms in total. The zero-order valence-corrected chi connectivity index (χ0v) is 23.4. The number of likely N-dealkylation sites (tertiary alicyclic amines) is 1. The molecule has 212 valence electrons. The summed E-state index contributed by atoms with van der Waals surface area (Å²) in [5.41, 5.74) is -1.38. The van der Waals surface area contributed by atoms with Gasteiger partial charge in [-0.1, -0.05) is 62.6 Å². The van der Waals surface area contributed by atoms with E-state index in [0.717, 1.165) is 37.7 Å². The highest BCUT2D eigenvalue weighted by atomic mass is 16.6. The molecule has 2 amide bonds. The van der Waals surface area contributed by atoms with Crippen molar-refractivity contribution < 1.29 is 29.0 Å². The lowest BCUT2D eigenvalue weighted by Gasteiger charge is -2.42. The monoisotopic (exact) mass is 538 g/mol. The van der Waals surface area contributed by atoms with E-state index >= 15 is 0 Å². The third-order valence-corrected chi connectivity index (χ3v) is 9.84. The first kappa shape index (κ1) is 27.8. The molecule has 4 fully saturated rings. The number of fused-ring (bicyclic) bond motifs is 1. The van der Waals surface area contributed by atoms with Crippen molar-refractivity contribution in [3.8, 4) is 0 Å². The molecular weight excluding hydrogens is 496 g/mol. The molecule has 3 aliphatic heterocycles. The summed E-state index contributed by atoms with van der Waals surface area (Å²) in [6, 6.07) is 7.62. The van der Waals surface area contributed by atoms with Crippen LogP contribution in [0.2, 0.25) is 0 Å². The van der Waals surface area contributed by atoms with Crippen LogP contribution < -0.4 is 0 Å². The van der Waals surface area contributed by atoms with Crippen LogP contribution in [-0.2, 0) is 23.9 Å². The van der Waals surface area contributed by atoms with E-state index in [1.807, 2.05) is 49.1 Å². The van der Waals surface area contributed by atoms with E-state index in [0.29, 0.717) is 13.0 Å². The molecule has 3 unspecified atom stereocenters. The van der Waals surface area contributed by atoms with Crippen molar-refractivity contribution >= 4 is 17.8 Å². The van der Waals surface area contributed by atoms with Crippen molar-refractivity contribution in [3.05, 3.63) is 48.6 Å². The molecule has 0 radical (unpaired) electrons. The zero-order chi connectivity index (χ0) is 27.9. The molecule has 2 bridgehead atoms. The minimum absolute atomic E-state index is 0.0495. The number of ether oxygens (including phenoxy) is 2. The van der Waals surface area contributed by atoms with Gasteiger partial charge < -0.3 is 24.4 Å². The average molecular weight is 539 g/mol. The maximum absolute atomic E-state index is 14.8. The summed E-state index contributed by atoms with van der Waals surface area (Å²) in [6.45, 7) is 9.78. The average Bonchev–Trinajstić information content (AvgIpc) is 3.45. The Balaban J connectivity index is 1.65. The van der Waals surface area contributed by atoms with E-state index in [9.17, 15) is 19.5 Å². The summed E-state index contributed by atoms with van der Waals surface area (Å²) >= 11 is 0. The summed E-state index contributed by atoms with van der Waals surface area (Å²) < 4.78 is 12.3. The van der Waals surface area contributed by atoms with Crippen molar-refractivity contribution in [3.63, 3.8) is 0 Å². The van der Waals surface area contributed by atoms with E-state index in [-0.39, 0.29) is 37.0 Å². The third kappa shape index (κ3) is 4.22. The van der Waals surface area contributed by atoms with Crippen molar-refractivity contribution in [1.29, 1.82) is 0 Å². The highest BCUT2D eigenvalue weighted by molar-refractivity contribution is 5.99. The molecule has 1 aromatic carbocycles. The van der Waals surface area contributed by atoms with Crippen molar-refractivity contribution in [2.75, 3.05) is 19.8 Å². The standard InChI is InChI=1S/C31H42N2O6/c1-5-17-32(22-15-11-8-12-16-22)28(36)26-31-18-20(3)30(4,39-31)25(29(37)38-6-2)24(31)27(35)33(26)23(19-34)21-13-9-7-10-14-21/h5,7,9-10,13-14,20,22-26,34H,1,6,8,11-12,15-19H2,2-4H3/t20?,23-,24+,25-,26?,30+,31?/m1/s1. The summed E-state index contributed by atoms with van der Waals surface area (Å²) in [4.78, 5) is 46.1. The van der Waals surface area contributed by atoms with Gasteiger partial charge >= 0.3 is 5.97 Å². The highest BCUT2D eigenvalue weighted by Crippen LogP contribution is 2.66. The number of hydrogen-bond acceptors (Lipinski definition) is 6. The summed E-state index contributed by atoms with van der Waals surface area (Å²) in [5.74, 6) is -2.73. The maximum Gasteiger partial charge on any atom is 0.312 e. The number of carbonyl (C=O) groups excluding carboxylic acids is 3. The predicted molar refractivity (Wildman–Crippen MR) is 145 cm³/mol. The van der Waals surface area contributed by atoms with Crippen LogP contribution in [0, 0.1) is 17.8 Å². The summed E-state index contributed by atoms with van der Waals surface area (Å²) in [6.07, 6.45) is 7.26. The molecule has 0 aromatic heterocycles. The highest BCUT2D eigenvalue weighted by Gasteiger charge is 2.81. The van der Waals surface area contributed by atoms with E-state index in [1.54, 1.807) is 17.9 Å². The van der Waals surface area contributed by atoms with Gasteiger partial charge in [-0.25, -0.2) is 0 Å². The molecule has 1 aliphatic carbocycles. The van der Waals surface area contributed by atoms with Gasteiger partial charge in [-0.15, -0.1) is 6.58 Å². The number of nitrogens with zero attached hydrogens (tertiary/aromatic N) is 2. The summed E-state index contributed by atoms with van der Waals surface area (Å²) in [7, 11) is 0. The van der Waals surface area contributed by atoms with Gasteiger partial charge in [0.25, 0.3) is 0 Å². The van der Waals surface area contributed by atoms with Crippen LogP contribution in [0.1, 0.15) is 70.9 Å². The molecule has 39 heavy (non-hydrogen) atoms.